The molecule has 0 radical (unpaired) electrons. The van der Waals surface area contributed by atoms with Crippen molar-refractivity contribution in [2.45, 2.75) is 45.2 Å². The molecule has 1 atom stereocenters. The SMILES string of the molecule is CC(C)c1nnc2n1CC(NC(=O)Nc1nccn(C)c1=O)CC2. The lowest BCUT2D eigenvalue weighted by molar-refractivity contribution is 0.244. The van der Waals surface area contributed by atoms with Crippen LogP contribution in [0.2, 0.25) is 0 Å². The Morgan fingerprint density at radius 2 is 2.17 bits per heavy atom. The molecule has 0 aromatic carbocycles. The molecule has 9 nitrogen and oxygen atoms in total. The zero-order valence-corrected chi connectivity index (χ0v) is 14.0. The van der Waals surface area contributed by atoms with Gasteiger partial charge in [-0.3, -0.25) is 10.1 Å². The van der Waals surface area contributed by atoms with E-state index in [4.69, 9.17) is 0 Å². The molecule has 0 saturated heterocycles. The Kier molecular flexibility index (Phi) is 4.32. The molecule has 0 aliphatic carbocycles. The summed E-state index contributed by atoms with van der Waals surface area (Å²) in [5, 5.41) is 13.9. The summed E-state index contributed by atoms with van der Waals surface area (Å²) in [4.78, 5) is 28.0. The average molecular weight is 331 g/mol. The van der Waals surface area contributed by atoms with E-state index in [-0.39, 0.29) is 23.3 Å². The predicted molar refractivity (Wildman–Crippen MR) is 87.9 cm³/mol. The van der Waals surface area contributed by atoms with Gasteiger partial charge in [-0.1, -0.05) is 13.8 Å². The second-order valence-corrected chi connectivity index (χ2v) is 6.27. The number of anilines is 1. The van der Waals surface area contributed by atoms with Gasteiger partial charge < -0.3 is 14.5 Å². The van der Waals surface area contributed by atoms with Gasteiger partial charge in [0, 0.05) is 44.4 Å². The Labute approximate surface area is 139 Å². The molecule has 24 heavy (non-hydrogen) atoms. The lowest BCUT2D eigenvalue weighted by Crippen LogP contribution is -2.44. The van der Waals surface area contributed by atoms with Crippen LogP contribution in [0.3, 0.4) is 0 Å². The first kappa shape index (κ1) is 16.2. The smallest absolute Gasteiger partial charge is 0.320 e. The second-order valence-electron chi connectivity index (χ2n) is 6.27. The summed E-state index contributed by atoms with van der Waals surface area (Å²) >= 11 is 0. The molecule has 1 aliphatic heterocycles. The van der Waals surface area contributed by atoms with Crippen molar-refractivity contribution in [3.05, 3.63) is 34.4 Å². The fraction of sp³-hybridized carbons (Fsp3) is 0.533. The molecule has 2 N–H and O–H groups in total. The Morgan fingerprint density at radius 1 is 1.38 bits per heavy atom. The molecule has 0 fully saturated rings. The van der Waals surface area contributed by atoms with Gasteiger partial charge in [-0.05, 0) is 6.42 Å². The van der Waals surface area contributed by atoms with Gasteiger partial charge in [0.05, 0.1) is 0 Å². The van der Waals surface area contributed by atoms with Crippen LogP contribution in [0.4, 0.5) is 10.6 Å². The van der Waals surface area contributed by atoms with Crippen LogP contribution in [0.25, 0.3) is 0 Å². The Balaban J connectivity index is 1.66. The summed E-state index contributed by atoms with van der Waals surface area (Å²) in [5.74, 6) is 2.17. The minimum Gasteiger partial charge on any atom is -0.333 e. The molecule has 0 bridgehead atoms. The fourth-order valence-corrected chi connectivity index (χ4v) is 2.81. The van der Waals surface area contributed by atoms with Gasteiger partial charge in [-0.25, -0.2) is 9.78 Å². The number of carbonyl (C=O) groups is 1. The van der Waals surface area contributed by atoms with Crippen molar-refractivity contribution in [2.24, 2.45) is 7.05 Å². The van der Waals surface area contributed by atoms with Gasteiger partial charge in [0.2, 0.25) is 5.82 Å². The van der Waals surface area contributed by atoms with Crippen molar-refractivity contribution in [1.82, 2.24) is 29.6 Å². The second kappa shape index (κ2) is 6.42. The molecule has 1 aliphatic rings. The zero-order chi connectivity index (χ0) is 17.3. The highest BCUT2D eigenvalue weighted by Crippen LogP contribution is 2.20. The lowest BCUT2D eigenvalue weighted by atomic mass is 10.1. The van der Waals surface area contributed by atoms with Crippen molar-refractivity contribution in [1.29, 1.82) is 0 Å². The Bertz CT molecular complexity index is 808. The number of nitrogens with one attached hydrogen (secondary N) is 2. The number of hydrogen-bond donors (Lipinski definition) is 2. The molecule has 3 heterocycles. The molecule has 1 unspecified atom stereocenters. The van der Waals surface area contributed by atoms with Crippen molar-refractivity contribution >= 4 is 11.8 Å². The van der Waals surface area contributed by atoms with Crippen LogP contribution >= 0.6 is 0 Å². The minimum atomic E-state index is -0.432. The van der Waals surface area contributed by atoms with Crippen molar-refractivity contribution in [3.8, 4) is 0 Å². The first-order valence-electron chi connectivity index (χ1n) is 7.97. The summed E-state index contributed by atoms with van der Waals surface area (Å²) in [6.07, 6.45) is 4.55. The topological polar surface area (TPSA) is 107 Å². The molecule has 2 amide bonds. The standard InChI is InChI=1S/C15H21N7O2/c1-9(2)13-20-19-11-5-4-10(8-22(11)13)17-15(24)18-12-14(23)21(3)7-6-16-12/h6-7,9-10H,4-5,8H2,1-3H3,(H2,16,17,18,24). The van der Waals surface area contributed by atoms with Gasteiger partial charge in [0.25, 0.3) is 5.56 Å². The first-order valence-corrected chi connectivity index (χ1v) is 7.97. The number of aromatic nitrogens is 5. The molecule has 2 aromatic heterocycles. The molecule has 2 aromatic rings. The van der Waals surface area contributed by atoms with Crippen molar-refractivity contribution < 1.29 is 4.79 Å². The maximum absolute atomic E-state index is 12.2. The summed E-state index contributed by atoms with van der Waals surface area (Å²) in [6.45, 7) is 4.76. The van der Waals surface area contributed by atoms with Crippen LogP contribution in [0, 0.1) is 0 Å². The normalized spacial score (nSPS) is 16.8. The van der Waals surface area contributed by atoms with Gasteiger partial charge in [0.1, 0.15) is 11.6 Å². The summed E-state index contributed by atoms with van der Waals surface area (Å²) in [7, 11) is 1.61. The van der Waals surface area contributed by atoms with E-state index in [2.05, 4.69) is 44.2 Å². The predicted octanol–water partition coefficient (Wildman–Crippen LogP) is 0.632. The quantitative estimate of drug-likeness (QED) is 0.858. The molecular formula is C15H21N7O2. The maximum atomic E-state index is 12.2. The monoisotopic (exact) mass is 331 g/mol. The van der Waals surface area contributed by atoms with Gasteiger partial charge >= 0.3 is 6.03 Å². The molecule has 9 heteroatoms. The number of amides is 2. The third-order valence-electron chi connectivity index (χ3n) is 4.08. The highest BCUT2D eigenvalue weighted by molar-refractivity contribution is 5.88. The average Bonchev–Trinajstić information content (AvgIpc) is 2.95. The molecule has 0 spiro atoms. The number of aryl methyl sites for hydroxylation is 2. The van der Waals surface area contributed by atoms with Crippen LogP contribution in [-0.2, 0) is 20.0 Å². The van der Waals surface area contributed by atoms with E-state index in [9.17, 15) is 9.59 Å². The van der Waals surface area contributed by atoms with Crippen LogP contribution in [-0.4, -0.2) is 36.4 Å². The van der Waals surface area contributed by atoms with E-state index in [0.29, 0.717) is 6.54 Å². The van der Waals surface area contributed by atoms with E-state index in [1.54, 1.807) is 7.05 Å². The molecule has 3 rings (SSSR count). The van der Waals surface area contributed by atoms with Gasteiger partial charge in [-0.15, -0.1) is 10.2 Å². The van der Waals surface area contributed by atoms with Crippen molar-refractivity contribution in [3.63, 3.8) is 0 Å². The van der Waals surface area contributed by atoms with E-state index in [1.165, 1.54) is 17.0 Å². The number of fused-ring (bicyclic) bond motifs is 1. The summed E-state index contributed by atoms with van der Waals surface area (Å²) in [6, 6.07) is -0.475. The largest absolute Gasteiger partial charge is 0.333 e. The third-order valence-corrected chi connectivity index (χ3v) is 4.08. The molecule has 0 saturated carbocycles. The van der Waals surface area contributed by atoms with Crippen molar-refractivity contribution in [2.75, 3.05) is 5.32 Å². The highest BCUT2D eigenvalue weighted by atomic mass is 16.2. The van der Waals surface area contributed by atoms with E-state index < -0.39 is 6.03 Å². The lowest BCUT2D eigenvalue weighted by Gasteiger charge is -2.25. The summed E-state index contributed by atoms with van der Waals surface area (Å²) < 4.78 is 3.43. The number of carbonyl (C=O) groups excluding carboxylic acids is 1. The van der Waals surface area contributed by atoms with E-state index in [0.717, 1.165) is 24.5 Å². The van der Waals surface area contributed by atoms with E-state index >= 15 is 0 Å². The molecular weight excluding hydrogens is 310 g/mol. The van der Waals surface area contributed by atoms with Crippen LogP contribution < -0.4 is 16.2 Å². The first-order chi connectivity index (χ1) is 11.5. The van der Waals surface area contributed by atoms with Gasteiger partial charge in [0.15, 0.2) is 0 Å². The Morgan fingerprint density at radius 3 is 2.92 bits per heavy atom. The Hall–Kier alpha value is -2.71. The van der Waals surface area contributed by atoms with Crippen LogP contribution in [0.15, 0.2) is 17.2 Å². The number of nitrogens with zero attached hydrogens (tertiary/aromatic N) is 5. The van der Waals surface area contributed by atoms with Crippen LogP contribution in [0.1, 0.15) is 37.8 Å². The molecule has 128 valence electrons. The number of hydrogen-bond acceptors (Lipinski definition) is 5. The van der Waals surface area contributed by atoms with E-state index in [1.807, 2.05) is 0 Å². The maximum Gasteiger partial charge on any atom is 0.320 e. The minimum absolute atomic E-state index is 0.0150. The zero-order valence-electron chi connectivity index (χ0n) is 14.0. The number of urea groups is 1. The highest BCUT2D eigenvalue weighted by Gasteiger charge is 2.25. The fourth-order valence-electron chi connectivity index (χ4n) is 2.81. The number of rotatable bonds is 3. The van der Waals surface area contributed by atoms with Gasteiger partial charge in [-0.2, -0.15) is 0 Å². The summed E-state index contributed by atoms with van der Waals surface area (Å²) in [5.41, 5.74) is -0.348. The third kappa shape index (κ3) is 3.15. The van der Waals surface area contributed by atoms with Crippen LogP contribution in [0.5, 0.6) is 0 Å².